The molecule has 0 fully saturated rings. The van der Waals surface area contributed by atoms with Crippen molar-refractivity contribution >= 4 is 15.9 Å². The third-order valence-electron chi connectivity index (χ3n) is 1.97. The van der Waals surface area contributed by atoms with E-state index >= 15 is 0 Å². The van der Waals surface area contributed by atoms with Crippen LogP contribution in [0.5, 0.6) is 5.75 Å². The van der Waals surface area contributed by atoms with E-state index in [1.807, 2.05) is 23.9 Å². The average molecular weight is 268 g/mol. The zero-order valence-electron chi connectivity index (χ0n) is 8.22. The Balaban J connectivity index is 2.02. The summed E-state index contributed by atoms with van der Waals surface area (Å²) in [6, 6.07) is 1.87. The molecule has 0 aromatic carbocycles. The fourth-order valence-corrected chi connectivity index (χ4v) is 1.50. The number of aryl methyl sites for hydroxylation is 1. The summed E-state index contributed by atoms with van der Waals surface area (Å²) < 4.78 is 8.36. The van der Waals surface area contributed by atoms with Gasteiger partial charge in [0.15, 0.2) is 0 Å². The molecule has 0 amide bonds. The van der Waals surface area contributed by atoms with Gasteiger partial charge in [-0.15, -0.1) is 0 Å². The van der Waals surface area contributed by atoms with Gasteiger partial charge in [-0.3, -0.25) is 4.98 Å². The van der Waals surface area contributed by atoms with E-state index in [2.05, 4.69) is 25.9 Å². The van der Waals surface area contributed by atoms with Gasteiger partial charge in [-0.25, -0.2) is 4.98 Å². The van der Waals surface area contributed by atoms with Gasteiger partial charge in [0.1, 0.15) is 18.2 Å². The quantitative estimate of drug-likeness (QED) is 0.856. The molecule has 0 unspecified atom stereocenters. The molecule has 2 aromatic rings. The minimum absolute atomic E-state index is 0.446. The number of nitrogens with zero attached hydrogens (tertiary/aromatic N) is 3. The Bertz CT molecular complexity index is 455. The third-order valence-corrected chi connectivity index (χ3v) is 2.40. The van der Waals surface area contributed by atoms with Gasteiger partial charge in [0.05, 0.1) is 6.20 Å². The van der Waals surface area contributed by atoms with Gasteiger partial charge in [0, 0.05) is 30.1 Å². The topological polar surface area (TPSA) is 39.9 Å². The fourth-order valence-electron chi connectivity index (χ4n) is 1.15. The van der Waals surface area contributed by atoms with Crippen molar-refractivity contribution in [3.63, 3.8) is 0 Å². The average Bonchev–Trinajstić information content (AvgIpc) is 2.61. The molecule has 0 saturated carbocycles. The van der Waals surface area contributed by atoms with Crippen molar-refractivity contribution in [1.82, 2.24) is 14.5 Å². The van der Waals surface area contributed by atoms with Crippen LogP contribution in [0.4, 0.5) is 0 Å². The van der Waals surface area contributed by atoms with Gasteiger partial charge in [-0.05, 0) is 22.0 Å². The molecule has 0 aliphatic carbocycles. The summed E-state index contributed by atoms with van der Waals surface area (Å²) in [5.74, 6) is 1.61. The van der Waals surface area contributed by atoms with Crippen LogP contribution in [-0.2, 0) is 13.7 Å². The normalized spacial score (nSPS) is 10.3. The number of imidazole rings is 1. The van der Waals surface area contributed by atoms with Crippen LogP contribution in [0, 0.1) is 0 Å². The van der Waals surface area contributed by atoms with Crippen LogP contribution in [0.25, 0.3) is 0 Å². The molecule has 0 spiro atoms. The molecule has 0 saturated heterocycles. The maximum absolute atomic E-state index is 5.54. The summed E-state index contributed by atoms with van der Waals surface area (Å²) in [6.45, 7) is 0.446. The maximum Gasteiger partial charge on any atom is 0.146 e. The molecular weight excluding hydrogens is 258 g/mol. The molecule has 15 heavy (non-hydrogen) atoms. The number of aromatic nitrogens is 3. The van der Waals surface area contributed by atoms with E-state index in [0.717, 1.165) is 16.0 Å². The number of halogens is 1. The highest BCUT2D eigenvalue weighted by Crippen LogP contribution is 2.16. The first-order valence-electron chi connectivity index (χ1n) is 4.45. The molecular formula is C10H10BrN3O. The zero-order valence-corrected chi connectivity index (χ0v) is 9.81. The minimum Gasteiger partial charge on any atom is -0.484 e. The van der Waals surface area contributed by atoms with Crippen molar-refractivity contribution in [2.24, 2.45) is 7.05 Å². The van der Waals surface area contributed by atoms with Gasteiger partial charge in [-0.2, -0.15) is 0 Å². The molecule has 0 aliphatic rings. The van der Waals surface area contributed by atoms with E-state index in [9.17, 15) is 0 Å². The number of rotatable bonds is 3. The molecule has 2 aromatic heterocycles. The van der Waals surface area contributed by atoms with Crippen LogP contribution in [0.1, 0.15) is 5.82 Å². The lowest BCUT2D eigenvalue weighted by atomic mass is 10.5. The molecule has 0 N–H and O–H groups in total. The van der Waals surface area contributed by atoms with Crippen molar-refractivity contribution < 1.29 is 4.74 Å². The Morgan fingerprint density at radius 2 is 2.33 bits per heavy atom. The second kappa shape index (κ2) is 4.44. The molecule has 0 aliphatic heterocycles. The molecule has 78 valence electrons. The first kappa shape index (κ1) is 10.2. The third kappa shape index (κ3) is 2.56. The van der Waals surface area contributed by atoms with Crippen molar-refractivity contribution in [3.05, 3.63) is 41.2 Å². The summed E-state index contributed by atoms with van der Waals surface area (Å²) in [7, 11) is 1.94. The van der Waals surface area contributed by atoms with Crippen LogP contribution >= 0.6 is 15.9 Å². The molecule has 0 atom stereocenters. The summed E-state index contributed by atoms with van der Waals surface area (Å²) >= 11 is 3.33. The highest BCUT2D eigenvalue weighted by Gasteiger charge is 2.00. The zero-order chi connectivity index (χ0) is 10.7. The fraction of sp³-hybridized carbons (Fsp3) is 0.200. The van der Waals surface area contributed by atoms with Crippen LogP contribution in [-0.4, -0.2) is 14.5 Å². The Morgan fingerprint density at radius 1 is 1.47 bits per heavy atom. The maximum atomic E-state index is 5.54. The Hall–Kier alpha value is -1.36. The van der Waals surface area contributed by atoms with Crippen molar-refractivity contribution in [2.75, 3.05) is 0 Å². The minimum atomic E-state index is 0.446. The Kier molecular flexibility index (Phi) is 3.01. The highest BCUT2D eigenvalue weighted by molar-refractivity contribution is 9.10. The van der Waals surface area contributed by atoms with Crippen LogP contribution in [0.15, 0.2) is 35.3 Å². The van der Waals surface area contributed by atoms with E-state index in [0.29, 0.717) is 6.61 Å². The SMILES string of the molecule is Cn1ccnc1COc1cncc(Br)c1. The Labute approximate surface area is 96.1 Å². The van der Waals surface area contributed by atoms with E-state index in [1.54, 1.807) is 18.6 Å². The van der Waals surface area contributed by atoms with Crippen molar-refractivity contribution in [3.8, 4) is 5.75 Å². The number of hydrogen-bond acceptors (Lipinski definition) is 3. The van der Waals surface area contributed by atoms with Gasteiger partial charge in [0.25, 0.3) is 0 Å². The van der Waals surface area contributed by atoms with E-state index in [1.165, 1.54) is 0 Å². The van der Waals surface area contributed by atoms with Gasteiger partial charge in [-0.1, -0.05) is 0 Å². The summed E-state index contributed by atoms with van der Waals surface area (Å²) in [4.78, 5) is 8.17. The van der Waals surface area contributed by atoms with Gasteiger partial charge >= 0.3 is 0 Å². The largest absolute Gasteiger partial charge is 0.484 e. The second-order valence-corrected chi connectivity index (χ2v) is 4.00. The summed E-state index contributed by atoms with van der Waals surface area (Å²) in [5.41, 5.74) is 0. The van der Waals surface area contributed by atoms with E-state index in [-0.39, 0.29) is 0 Å². The molecule has 0 radical (unpaired) electrons. The lowest BCUT2D eigenvalue weighted by Gasteiger charge is -2.05. The lowest BCUT2D eigenvalue weighted by molar-refractivity contribution is 0.290. The smallest absolute Gasteiger partial charge is 0.146 e. The number of hydrogen-bond donors (Lipinski definition) is 0. The van der Waals surface area contributed by atoms with E-state index in [4.69, 9.17) is 4.74 Å². The first-order chi connectivity index (χ1) is 7.25. The van der Waals surface area contributed by atoms with Gasteiger partial charge < -0.3 is 9.30 Å². The second-order valence-electron chi connectivity index (χ2n) is 3.08. The molecule has 2 heterocycles. The molecule has 2 rings (SSSR count). The summed E-state index contributed by atoms with van der Waals surface area (Å²) in [6.07, 6.45) is 7.02. The van der Waals surface area contributed by atoms with Crippen LogP contribution in [0.2, 0.25) is 0 Å². The monoisotopic (exact) mass is 267 g/mol. The Morgan fingerprint density at radius 3 is 3.00 bits per heavy atom. The predicted molar refractivity (Wildman–Crippen MR) is 59.5 cm³/mol. The highest BCUT2D eigenvalue weighted by atomic mass is 79.9. The molecule has 4 nitrogen and oxygen atoms in total. The van der Waals surface area contributed by atoms with Crippen molar-refractivity contribution in [1.29, 1.82) is 0 Å². The summed E-state index contributed by atoms with van der Waals surface area (Å²) in [5, 5.41) is 0. The standard InChI is InChI=1S/C10H10BrN3O/c1-14-3-2-13-10(14)7-15-9-4-8(11)5-12-6-9/h2-6H,7H2,1H3. The number of pyridine rings is 1. The van der Waals surface area contributed by atoms with E-state index < -0.39 is 0 Å². The predicted octanol–water partition coefficient (Wildman–Crippen LogP) is 2.16. The van der Waals surface area contributed by atoms with Gasteiger partial charge in [0.2, 0.25) is 0 Å². The van der Waals surface area contributed by atoms with Crippen LogP contribution in [0.3, 0.4) is 0 Å². The lowest BCUT2D eigenvalue weighted by Crippen LogP contribution is -2.03. The molecule has 5 heteroatoms. The van der Waals surface area contributed by atoms with Crippen molar-refractivity contribution in [2.45, 2.75) is 6.61 Å². The molecule has 0 bridgehead atoms. The number of ether oxygens (including phenoxy) is 1. The first-order valence-corrected chi connectivity index (χ1v) is 5.24. The van der Waals surface area contributed by atoms with Crippen LogP contribution < -0.4 is 4.74 Å².